The van der Waals surface area contributed by atoms with Crippen LogP contribution >= 0.6 is 11.3 Å². The largest absolute Gasteiger partial charge is 0.307 e. The van der Waals surface area contributed by atoms with E-state index >= 15 is 0 Å². The molecule has 0 bridgehead atoms. The molecule has 0 fully saturated rings. The van der Waals surface area contributed by atoms with Gasteiger partial charge in [-0.25, -0.2) is 9.97 Å². The van der Waals surface area contributed by atoms with Gasteiger partial charge in [-0.3, -0.25) is 4.79 Å². The molecule has 4 aromatic rings. The molecule has 0 unspecified atom stereocenters. The molecule has 5 heteroatoms. The lowest BCUT2D eigenvalue weighted by atomic mass is 10.2. The van der Waals surface area contributed by atoms with Crippen LogP contribution in [0.25, 0.3) is 15.9 Å². The van der Waals surface area contributed by atoms with Crippen molar-refractivity contribution < 1.29 is 4.79 Å². The van der Waals surface area contributed by atoms with Gasteiger partial charge in [-0.05, 0) is 24.3 Å². The van der Waals surface area contributed by atoms with E-state index in [9.17, 15) is 4.79 Å². The van der Waals surface area contributed by atoms with Gasteiger partial charge in [-0.1, -0.05) is 18.2 Å². The SMILES string of the molecule is O=C(Cc1cn2ccccc2n1)c1nc2ccccc2s1. The Bertz CT molecular complexity index is 888. The third-order valence-corrected chi connectivity index (χ3v) is 4.37. The molecular formula is C16H11N3OS. The first-order valence-corrected chi connectivity index (χ1v) is 7.43. The van der Waals surface area contributed by atoms with Crippen molar-refractivity contribution in [3.63, 3.8) is 0 Å². The molecule has 0 spiro atoms. The number of Topliss-reactive ketones (excluding diaryl/α,β-unsaturated/α-hetero) is 1. The molecule has 0 amide bonds. The maximum atomic E-state index is 12.4. The summed E-state index contributed by atoms with van der Waals surface area (Å²) in [5.41, 5.74) is 2.50. The van der Waals surface area contributed by atoms with Gasteiger partial charge in [0.1, 0.15) is 5.65 Å². The minimum absolute atomic E-state index is 0.0135. The summed E-state index contributed by atoms with van der Waals surface area (Å²) < 4.78 is 2.96. The van der Waals surface area contributed by atoms with Crippen LogP contribution in [0.5, 0.6) is 0 Å². The summed E-state index contributed by atoms with van der Waals surface area (Å²) in [6, 6.07) is 13.6. The van der Waals surface area contributed by atoms with E-state index in [-0.39, 0.29) is 12.2 Å². The lowest BCUT2D eigenvalue weighted by Gasteiger charge is -1.91. The number of rotatable bonds is 3. The monoisotopic (exact) mass is 293 g/mol. The second-order valence-corrected chi connectivity index (χ2v) is 5.82. The highest BCUT2D eigenvalue weighted by Gasteiger charge is 2.14. The molecule has 0 aliphatic carbocycles. The van der Waals surface area contributed by atoms with Gasteiger partial charge >= 0.3 is 0 Å². The van der Waals surface area contributed by atoms with E-state index in [0.29, 0.717) is 5.01 Å². The Morgan fingerprint density at radius 3 is 2.81 bits per heavy atom. The summed E-state index contributed by atoms with van der Waals surface area (Å²) in [7, 11) is 0. The zero-order valence-corrected chi connectivity index (χ0v) is 11.9. The first-order chi connectivity index (χ1) is 10.3. The van der Waals surface area contributed by atoms with Crippen LogP contribution in [0.1, 0.15) is 15.5 Å². The second-order valence-electron chi connectivity index (χ2n) is 4.79. The minimum atomic E-state index is 0.0135. The van der Waals surface area contributed by atoms with Crippen molar-refractivity contribution in [3.8, 4) is 0 Å². The highest BCUT2D eigenvalue weighted by molar-refractivity contribution is 7.20. The van der Waals surface area contributed by atoms with E-state index in [2.05, 4.69) is 9.97 Å². The number of imidazole rings is 1. The lowest BCUT2D eigenvalue weighted by molar-refractivity contribution is 0.0992. The number of carbonyl (C=O) groups is 1. The highest BCUT2D eigenvalue weighted by Crippen LogP contribution is 2.22. The molecule has 0 saturated carbocycles. The first kappa shape index (κ1) is 12.2. The number of benzene rings is 1. The van der Waals surface area contributed by atoms with Crippen molar-refractivity contribution in [3.05, 3.63) is 65.6 Å². The molecule has 0 radical (unpaired) electrons. The molecule has 21 heavy (non-hydrogen) atoms. The van der Waals surface area contributed by atoms with Gasteiger partial charge < -0.3 is 4.40 Å². The first-order valence-electron chi connectivity index (χ1n) is 6.61. The fraction of sp³-hybridized carbons (Fsp3) is 0.0625. The zero-order valence-electron chi connectivity index (χ0n) is 11.1. The fourth-order valence-electron chi connectivity index (χ4n) is 2.30. The number of thiazole rings is 1. The van der Waals surface area contributed by atoms with Crippen molar-refractivity contribution in [2.24, 2.45) is 0 Å². The molecule has 3 aromatic heterocycles. The van der Waals surface area contributed by atoms with Crippen LogP contribution in [0.4, 0.5) is 0 Å². The quantitative estimate of drug-likeness (QED) is 0.544. The van der Waals surface area contributed by atoms with E-state index in [0.717, 1.165) is 21.6 Å². The number of para-hydroxylation sites is 1. The molecule has 0 atom stereocenters. The van der Waals surface area contributed by atoms with Crippen molar-refractivity contribution in [2.75, 3.05) is 0 Å². The Balaban J connectivity index is 1.65. The maximum Gasteiger partial charge on any atom is 0.197 e. The lowest BCUT2D eigenvalue weighted by Crippen LogP contribution is -2.03. The third-order valence-electron chi connectivity index (χ3n) is 3.29. The van der Waals surface area contributed by atoms with Crippen LogP contribution in [0.15, 0.2) is 54.9 Å². The van der Waals surface area contributed by atoms with Crippen LogP contribution in [0.3, 0.4) is 0 Å². The smallest absolute Gasteiger partial charge is 0.197 e. The molecule has 102 valence electrons. The zero-order chi connectivity index (χ0) is 14.2. The van der Waals surface area contributed by atoms with Crippen LogP contribution in [0.2, 0.25) is 0 Å². The number of hydrogen-bond acceptors (Lipinski definition) is 4. The molecule has 0 saturated heterocycles. The van der Waals surface area contributed by atoms with Gasteiger partial charge in [0.25, 0.3) is 0 Å². The topological polar surface area (TPSA) is 47.3 Å². The summed E-state index contributed by atoms with van der Waals surface area (Å²) in [6.07, 6.45) is 4.09. The molecule has 0 N–H and O–H groups in total. The van der Waals surface area contributed by atoms with E-state index in [1.807, 2.05) is 59.3 Å². The van der Waals surface area contributed by atoms with Crippen LogP contribution in [-0.2, 0) is 6.42 Å². The summed E-state index contributed by atoms with van der Waals surface area (Å²) >= 11 is 1.44. The van der Waals surface area contributed by atoms with Gasteiger partial charge in [0, 0.05) is 12.4 Å². The number of fused-ring (bicyclic) bond motifs is 2. The van der Waals surface area contributed by atoms with Gasteiger partial charge in [-0.15, -0.1) is 11.3 Å². The van der Waals surface area contributed by atoms with Gasteiger partial charge in [0.2, 0.25) is 0 Å². The van der Waals surface area contributed by atoms with Crippen molar-refractivity contribution in [1.82, 2.24) is 14.4 Å². The highest BCUT2D eigenvalue weighted by atomic mass is 32.1. The summed E-state index contributed by atoms with van der Waals surface area (Å²) in [4.78, 5) is 21.2. The molecule has 0 aliphatic heterocycles. The average molecular weight is 293 g/mol. The number of nitrogens with zero attached hydrogens (tertiary/aromatic N) is 3. The predicted octanol–water partition coefficient (Wildman–Crippen LogP) is 3.37. The third kappa shape index (κ3) is 2.21. The molecule has 4 nitrogen and oxygen atoms in total. The Morgan fingerprint density at radius 1 is 1.10 bits per heavy atom. The molecule has 3 heterocycles. The molecule has 4 rings (SSSR count). The van der Waals surface area contributed by atoms with Crippen molar-refractivity contribution in [2.45, 2.75) is 6.42 Å². The van der Waals surface area contributed by atoms with Crippen LogP contribution in [0, 0.1) is 0 Å². The second kappa shape index (κ2) is 4.79. The maximum absolute atomic E-state index is 12.4. The Labute approximate surface area is 124 Å². The van der Waals surface area contributed by atoms with E-state index in [1.165, 1.54) is 11.3 Å². The van der Waals surface area contributed by atoms with Crippen molar-refractivity contribution in [1.29, 1.82) is 0 Å². The summed E-state index contributed by atoms with van der Waals surface area (Å²) in [5.74, 6) is 0.0135. The number of pyridine rings is 1. The normalized spacial score (nSPS) is 11.2. The van der Waals surface area contributed by atoms with E-state index in [1.54, 1.807) is 0 Å². The van der Waals surface area contributed by atoms with E-state index in [4.69, 9.17) is 0 Å². The van der Waals surface area contributed by atoms with Crippen LogP contribution in [-0.4, -0.2) is 20.2 Å². The Morgan fingerprint density at radius 2 is 1.95 bits per heavy atom. The number of carbonyl (C=O) groups excluding carboxylic acids is 1. The summed E-state index contributed by atoms with van der Waals surface area (Å²) in [5, 5.41) is 0.549. The minimum Gasteiger partial charge on any atom is -0.307 e. The predicted molar refractivity (Wildman–Crippen MR) is 82.8 cm³/mol. The van der Waals surface area contributed by atoms with Gasteiger partial charge in [0.05, 0.1) is 22.3 Å². The number of ketones is 1. The average Bonchev–Trinajstić information content (AvgIpc) is 3.10. The molecule has 1 aromatic carbocycles. The molecule has 0 aliphatic rings. The standard InChI is InChI=1S/C16H11N3OS/c20-13(16-18-12-5-1-2-6-14(12)21-16)9-11-10-19-8-4-3-7-15(19)17-11/h1-8,10H,9H2. The van der Waals surface area contributed by atoms with Crippen LogP contribution < -0.4 is 0 Å². The summed E-state index contributed by atoms with van der Waals surface area (Å²) in [6.45, 7) is 0. The number of aromatic nitrogens is 3. The number of hydrogen-bond donors (Lipinski definition) is 0. The fourth-order valence-corrected chi connectivity index (χ4v) is 3.21. The van der Waals surface area contributed by atoms with Crippen molar-refractivity contribution >= 4 is 33.0 Å². The van der Waals surface area contributed by atoms with Gasteiger partial charge in [0.15, 0.2) is 10.8 Å². The Kier molecular flexibility index (Phi) is 2.79. The Hall–Kier alpha value is -2.53. The van der Waals surface area contributed by atoms with Gasteiger partial charge in [-0.2, -0.15) is 0 Å². The molecular weight excluding hydrogens is 282 g/mol. The van der Waals surface area contributed by atoms with E-state index < -0.39 is 0 Å².